The summed E-state index contributed by atoms with van der Waals surface area (Å²) < 4.78 is 11.2. The Morgan fingerprint density at radius 3 is 2.95 bits per heavy atom. The predicted octanol–water partition coefficient (Wildman–Crippen LogP) is 1.44. The number of nitrogens with one attached hydrogen (secondary N) is 1. The summed E-state index contributed by atoms with van der Waals surface area (Å²) in [5, 5.41) is 13.8. The van der Waals surface area contributed by atoms with E-state index in [4.69, 9.17) is 21.1 Å². The molecule has 0 radical (unpaired) electrons. The number of fused-ring (bicyclic) bond motifs is 1. The van der Waals surface area contributed by atoms with Crippen LogP contribution in [0.15, 0.2) is 12.1 Å². The second-order valence-electron chi connectivity index (χ2n) is 5.36. The van der Waals surface area contributed by atoms with Crippen molar-refractivity contribution in [1.29, 1.82) is 0 Å². The first kappa shape index (κ1) is 14.9. The van der Waals surface area contributed by atoms with Crippen LogP contribution in [0.4, 0.5) is 0 Å². The third-order valence-electron chi connectivity index (χ3n) is 3.99. The van der Waals surface area contributed by atoms with Crippen LogP contribution in [0.2, 0.25) is 5.02 Å². The normalized spacial score (nSPS) is 20.9. The topological polar surface area (TPSA) is 54.0 Å². The second-order valence-corrected chi connectivity index (χ2v) is 5.77. The van der Waals surface area contributed by atoms with Crippen molar-refractivity contribution in [3.8, 4) is 11.5 Å². The Kier molecular flexibility index (Phi) is 4.85. The molecule has 2 N–H and O–H groups in total. The highest BCUT2D eigenvalue weighted by Crippen LogP contribution is 2.40. The summed E-state index contributed by atoms with van der Waals surface area (Å²) in [4.78, 5) is 2.29. The Morgan fingerprint density at radius 1 is 1.24 bits per heavy atom. The zero-order chi connectivity index (χ0) is 14.7. The van der Waals surface area contributed by atoms with E-state index in [-0.39, 0.29) is 12.6 Å². The lowest BCUT2D eigenvalue weighted by molar-refractivity contribution is 0.128. The van der Waals surface area contributed by atoms with E-state index in [0.717, 1.165) is 38.2 Å². The molecule has 1 saturated heterocycles. The zero-order valence-electron chi connectivity index (χ0n) is 12.0. The smallest absolute Gasteiger partial charge is 0.179 e. The molecule has 0 amide bonds. The highest BCUT2D eigenvalue weighted by Gasteiger charge is 2.24. The fourth-order valence-electron chi connectivity index (χ4n) is 2.93. The molecule has 5 nitrogen and oxygen atoms in total. The number of hydrogen-bond donors (Lipinski definition) is 2. The minimum absolute atomic E-state index is 0.0572. The summed E-state index contributed by atoms with van der Waals surface area (Å²) in [6.45, 7) is 4.96. The van der Waals surface area contributed by atoms with Crippen molar-refractivity contribution in [2.24, 2.45) is 0 Å². The van der Waals surface area contributed by atoms with Crippen molar-refractivity contribution in [3.63, 3.8) is 0 Å². The molecule has 1 atom stereocenters. The standard InChI is InChI=1S/C15H21ClN2O3/c16-12-8-11(9-14-15(12)21-7-6-20-14)13(10-19)18-4-1-2-17-3-5-18/h8-9,13,17,19H,1-7,10H2. The van der Waals surface area contributed by atoms with Gasteiger partial charge in [-0.15, -0.1) is 0 Å². The van der Waals surface area contributed by atoms with Gasteiger partial charge in [0.25, 0.3) is 0 Å². The molecule has 6 heteroatoms. The number of hydrogen-bond acceptors (Lipinski definition) is 5. The SMILES string of the molecule is OCC(c1cc(Cl)c2c(c1)OCCO2)N1CCCNCC1. The lowest BCUT2D eigenvalue weighted by Gasteiger charge is -2.30. The number of ether oxygens (including phenoxy) is 2. The molecule has 0 aromatic heterocycles. The molecule has 0 bridgehead atoms. The van der Waals surface area contributed by atoms with Gasteiger partial charge in [-0.25, -0.2) is 0 Å². The van der Waals surface area contributed by atoms with Gasteiger partial charge in [0.15, 0.2) is 11.5 Å². The molecule has 0 saturated carbocycles. The molecular weight excluding hydrogens is 292 g/mol. The van der Waals surface area contributed by atoms with Gasteiger partial charge in [-0.3, -0.25) is 4.90 Å². The van der Waals surface area contributed by atoms with Gasteiger partial charge < -0.3 is 19.9 Å². The first-order chi connectivity index (χ1) is 10.3. The molecule has 2 heterocycles. The Hall–Kier alpha value is -1.01. The van der Waals surface area contributed by atoms with Gasteiger partial charge in [-0.2, -0.15) is 0 Å². The average Bonchev–Trinajstić information content (AvgIpc) is 2.77. The number of benzene rings is 1. The molecule has 1 aromatic rings. The minimum atomic E-state index is -0.0572. The van der Waals surface area contributed by atoms with E-state index in [0.29, 0.717) is 29.7 Å². The van der Waals surface area contributed by atoms with E-state index in [1.54, 1.807) is 0 Å². The second kappa shape index (κ2) is 6.83. The summed E-state index contributed by atoms with van der Waals surface area (Å²) in [6, 6.07) is 3.77. The number of aliphatic hydroxyl groups excluding tert-OH is 1. The number of nitrogens with zero attached hydrogens (tertiary/aromatic N) is 1. The molecule has 2 aliphatic heterocycles. The van der Waals surface area contributed by atoms with Gasteiger partial charge in [0, 0.05) is 19.6 Å². The van der Waals surface area contributed by atoms with E-state index in [1.807, 2.05) is 12.1 Å². The van der Waals surface area contributed by atoms with Gasteiger partial charge in [0.05, 0.1) is 17.7 Å². The van der Waals surface area contributed by atoms with Crippen LogP contribution >= 0.6 is 11.6 Å². The van der Waals surface area contributed by atoms with Gasteiger partial charge in [-0.1, -0.05) is 11.6 Å². The number of rotatable bonds is 3. The lowest BCUT2D eigenvalue weighted by atomic mass is 10.0. The molecule has 116 valence electrons. The highest BCUT2D eigenvalue weighted by atomic mass is 35.5. The van der Waals surface area contributed by atoms with Gasteiger partial charge >= 0.3 is 0 Å². The summed E-state index contributed by atoms with van der Waals surface area (Å²) in [6.07, 6.45) is 1.08. The highest BCUT2D eigenvalue weighted by molar-refractivity contribution is 6.32. The molecule has 0 aliphatic carbocycles. The number of halogens is 1. The summed E-state index contributed by atoms with van der Waals surface area (Å²) in [5.74, 6) is 1.29. The quantitative estimate of drug-likeness (QED) is 0.884. The van der Waals surface area contributed by atoms with Crippen LogP contribution in [0, 0.1) is 0 Å². The maximum atomic E-state index is 9.84. The molecule has 21 heavy (non-hydrogen) atoms. The molecule has 3 rings (SSSR count). The monoisotopic (exact) mass is 312 g/mol. The first-order valence-electron chi connectivity index (χ1n) is 7.44. The van der Waals surface area contributed by atoms with Crippen molar-refractivity contribution in [3.05, 3.63) is 22.7 Å². The minimum Gasteiger partial charge on any atom is -0.486 e. The Morgan fingerprint density at radius 2 is 2.10 bits per heavy atom. The molecule has 1 aromatic carbocycles. The van der Waals surface area contributed by atoms with Crippen molar-refractivity contribution in [2.75, 3.05) is 46.0 Å². The number of aliphatic hydroxyl groups is 1. The van der Waals surface area contributed by atoms with Crippen molar-refractivity contribution in [2.45, 2.75) is 12.5 Å². The first-order valence-corrected chi connectivity index (χ1v) is 7.82. The summed E-state index contributed by atoms with van der Waals surface area (Å²) >= 11 is 6.30. The van der Waals surface area contributed by atoms with Crippen LogP contribution in [-0.2, 0) is 0 Å². The van der Waals surface area contributed by atoms with Gasteiger partial charge in [0.2, 0.25) is 0 Å². The van der Waals surface area contributed by atoms with Gasteiger partial charge in [-0.05, 0) is 30.7 Å². The fraction of sp³-hybridized carbons (Fsp3) is 0.600. The Labute approximate surface area is 129 Å². The molecular formula is C15H21ClN2O3. The van der Waals surface area contributed by atoms with Crippen molar-refractivity contribution < 1.29 is 14.6 Å². The molecule has 1 fully saturated rings. The van der Waals surface area contributed by atoms with E-state index in [9.17, 15) is 5.11 Å². The van der Waals surface area contributed by atoms with Crippen molar-refractivity contribution >= 4 is 11.6 Å². The summed E-state index contributed by atoms with van der Waals surface area (Å²) in [5.41, 5.74) is 0.980. The van der Waals surface area contributed by atoms with Crippen LogP contribution in [-0.4, -0.2) is 56.0 Å². The fourth-order valence-corrected chi connectivity index (χ4v) is 3.21. The summed E-state index contributed by atoms with van der Waals surface area (Å²) in [7, 11) is 0. The van der Waals surface area contributed by atoms with Crippen LogP contribution < -0.4 is 14.8 Å². The van der Waals surface area contributed by atoms with E-state index in [2.05, 4.69) is 10.2 Å². The van der Waals surface area contributed by atoms with Gasteiger partial charge in [0.1, 0.15) is 13.2 Å². The van der Waals surface area contributed by atoms with Crippen LogP contribution in [0.3, 0.4) is 0 Å². The predicted molar refractivity (Wildman–Crippen MR) is 81.3 cm³/mol. The largest absolute Gasteiger partial charge is 0.486 e. The lowest BCUT2D eigenvalue weighted by Crippen LogP contribution is -2.34. The van der Waals surface area contributed by atoms with Crippen molar-refractivity contribution in [1.82, 2.24) is 10.2 Å². The molecule has 0 spiro atoms. The maximum absolute atomic E-state index is 9.84. The third-order valence-corrected chi connectivity index (χ3v) is 4.27. The van der Waals surface area contributed by atoms with E-state index < -0.39 is 0 Å². The van der Waals surface area contributed by atoms with Crippen LogP contribution in [0.5, 0.6) is 11.5 Å². The Balaban J connectivity index is 1.87. The Bertz CT molecular complexity index is 490. The maximum Gasteiger partial charge on any atom is 0.179 e. The van der Waals surface area contributed by atoms with E-state index in [1.165, 1.54) is 0 Å². The average molecular weight is 313 g/mol. The van der Waals surface area contributed by atoms with Crippen LogP contribution in [0.25, 0.3) is 0 Å². The molecule has 2 aliphatic rings. The third kappa shape index (κ3) is 3.26. The molecule has 1 unspecified atom stereocenters. The van der Waals surface area contributed by atoms with E-state index >= 15 is 0 Å². The zero-order valence-corrected chi connectivity index (χ0v) is 12.7. The van der Waals surface area contributed by atoms with Crippen LogP contribution in [0.1, 0.15) is 18.0 Å².